The van der Waals surface area contributed by atoms with E-state index in [1.54, 1.807) is 4.31 Å². The molecule has 17 heavy (non-hydrogen) atoms. The van der Waals surface area contributed by atoms with E-state index in [1.807, 2.05) is 0 Å². The number of nitrogens with one attached hydrogen (secondary N) is 1. The number of hydrogen-bond acceptors (Lipinski definition) is 3. The Balaban J connectivity index is 2.13. The van der Waals surface area contributed by atoms with Crippen molar-refractivity contribution in [2.45, 2.75) is 50.8 Å². The molecule has 0 bridgehead atoms. The highest BCUT2D eigenvalue weighted by Gasteiger charge is 2.38. The molecule has 0 aliphatic carbocycles. The third-order valence-corrected chi connectivity index (χ3v) is 6.83. The predicted octanol–water partition coefficient (Wildman–Crippen LogP) is 1.19. The second-order valence-electron chi connectivity index (χ2n) is 5.47. The zero-order chi connectivity index (χ0) is 12.5. The molecule has 2 fully saturated rings. The monoisotopic (exact) mass is 260 g/mol. The van der Waals surface area contributed by atoms with Gasteiger partial charge < -0.3 is 5.32 Å². The van der Waals surface area contributed by atoms with Crippen LogP contribution >= 0.6 is 0 Å². The summed E-state index contributed by atoms with van der Waals surface area (Å²) in [7, 11) is -3.07. The van der Waals surface area contributed by atoms with Crippen molar-refractivity contribution in [3.63, 3.8) is 0 Å². The summed E-state index contributed by atoms with van der Waals surface area (Å²) in [6.07, 6.45) is 3.69. The summed E-state index contributed by atoms with van der Waals surface area (Å²) in [6, 6.07) is 0.170. The summed E-state index contributed by atoms with van der Waals surface area (Å²) in [5.41, 5.74) is 0. The molecule has 0 aromatic heterocycles. The summed E-state index contributed by atoms with van der Waals surface area (Å²) in [5, 5.41) is 3.07. The number of piperidine rings is 2. The molecule has 0 aromatic rings. The molecule has 4 nitrogen and oxygen atoms in total. The fourth-order valence-electron chi connectivity index (χ4n) is 2.94. The summed E-state index contributed by atoms with van der Waals surface area (Å²) in [4.78, 5) is 0. The van der Waals surface area contributed by atoms with Gasteiger partial charge in [-0.25, -0.2) is 8.42 Å². The average Bonchev–Trinajstić information content (AvgIpc) is 2.33. The van der Waals surface area contributed by atoms with E-state index < -0.39 is 10.0 Å². The zero-order valence-corrected chi connectivity index (χ0v) is 11.7. The Kier molecular flexibility index (Phi) is 4.10. The maximum Gasteiger partial charge on any atom is 0.217 e. The molecule has 2 unspecified atom stereocenters. The minimum absolute atomic E-state index is 0.156. The lowest BCUT2D eigenvalue weighted by atomic mass is 9.94. The Hall–Kier alpha value is -0.130. The Labute approximate surface area is 105 Å². The van der Waals surface area contributed by atoms with Gasteiger partial charge in [0.15, 0.2) is 0 Å². The zero-order valence-electron chi connectivity index (χ0n) is 10.9. The van der Waals surface area contributed by atoms with E-state index in [4.69, 9.17) is 0 Å². The minimum Gasteiger partial charge on any atom is -0.317 e. The van der Waals surface area contributed by atoms with Crippen LogP contribution < -0.4 is 5.32 Å². The van der Waals surface area contributed by atoms with Gasteiger partial charge in [0.05, 0.1) is 5.25 Å². The quantitative estimate of drug-likeness (QED) is 0.811. The van der Waals surface area contributed by atoms with E-state index in [1.165, 1.54) is 0 Å². The average molecular weight is 260 g/mol. The molecule has 2 aliphatic rings. The maximum absolute atomic E-state index is 12.6. The van der Waals surface area contributed by atoms with Crippen LogP contribution in [0, 0.1) is 5.92 Å². The largest absolute Gasteiger partial charge is 0.317 e. The van der Waals surface area contributed by atoms with Crippen LogP contribution in [0.1, 0.15) is 39.5 Å². The van der Waals surface area contributed by atoms with Crippen LogP contribution in [0.5, 0.6) is 0 Å². The normalized spacial score (nSPS) is 33.8. The third-order valence-electron chi connectivity index (χ3n) is 4.35. The molecule has 2 atom stereocenters. The van der Waals surface area contributed by atoms with Crippen molar-refractivity contribution in [2.75, 3.05) is 19.6 Å². The first-order valence-corrected chi connectivity index (χ1v) is 8.25. The minimum atomic E-state index is -3.07. The van der Waals surface area contributed by atoms with Crippen molar-refractivity contribution in [3.05, 3.63) is 0 Å². The lowest BCUT2D eigenvalue weighted by Crippen LogP contribution is -2.51. The van der Waals surface area contributed by atoms with Crippen molar-refractivity contribution in [1.82, 2.24) is 9.62 Å². The molecule has 0 saturated carbocycles. The fraction of sp³-hybridized carbons (Fsp3) is 1.00. The highest BCUT2D eigenvalue weighted by Crippen LogP contribution is 2.29. The Morgan fingerprint density at radius 1 is 1.12 bits per heavy atom. The van der Waals surface area contributed by atoms with E-state index in [2.05, 4.69) is 19.2 Å². The van der Waals surface area contributed by atoms with Gasteiger partial charge in [-0.1, -0.05) is 6.92 Å². The second kappa shape index (κ2) is 5.24. The van der Waals surface area contributed by atoms with Crippen molar-refractivity contribution in [2.24, 2.45) is 5.92 Å². The molecular formula is C12H24N2O2S. The van der Waals surface area contributed by atoms with Gasteiger partial charge in [0.25, 0.3) is 0 Å². The van der Waals surface area contributed by atoms with Crippen LogP contribution in [-0.4, -0.2) is 43.6 Å². The van der Waals surface area contributed by atoms with Gasteiger partial charge in [-0.2, -0.15) is 4.31 Å². The molecule has 2 heterocycles. The lowest BCUT2D eigenvalue weighted by Gasteiger charge is -2.39. The van der Waals surface area contributed by atoms with Gasteiger partial charge in [0.2, 0.25) is 10.0 Å². The molecule has 0 radical (unpaired) electrons. The number of sulfonamides is 1. The smallest absolute Gasteiger partial charge is 0.217 e. The van der Waals surface area contributed by atoms with Gasteiger partial charge in [-0.05, 0) is 51.6 Å². The van der Waals surface area contributed by atoms with Gasteiger partial charge in [-0.15, -0.1) is 0 Å². The molecule has 0 aromatic carbocycles. The van der Waals surface area contributed by atoms with Crippen LogP contribution in [-0.2, 0) is 10.0 Å². The molecular weight excluding hydrogens is 236 g/mol. The highest BCUT2D eigenvalue weighted by molar-refractivity contribution is 7.89. The number of nitrogens with zero attached hydrogens (tertiary/aromatic N) is 1. The topological polar surface area (TPSA) is 49.4 Å². The standard InChI is InChI=1S/C12H24N2O2S/c1-10-4-3-9-14(11(10)2)17(15,16)12-5-7-13-8-6-12/h10-13H,3-9H2,1-2H3. The van der Waals surface area contributed by atoms with Gasteiger partial charge in [-0.3, -0.25) is 0 Å². The Morgan fingerprint density at radius 2 is 1.76 bits per heavy atom. The van der Waals surface area contributed by atoms with Crippen molar-refractivity contribution >= 4 is 10.0 Å². The van der Waals surface area contributed by atoms with Crippen LogP contribution in [0.2, 0.25) is 0 Å². The molecule has 0 spiro atoms. The first kappa shape index (κ1) is 13.3. The predicted molar refractivity (Wildman–Crippen MR) is 69.4 cm³/mol. The Morgan fingerprint density at radius 3 is 2.41 bits per heavy atom. The third kappa shape index (κ3) is 2.66. The summed E-state index contributed by atoms with van der Waals surface area (Å²) >= 11 is 0. The Bertz CT molecular complexity index is 350. The van der Waals surface area contributed by atoms with Crippen LogP contribution in [0.3, 0.4) is 0 Å². The van der Waals surface area contributed by atoms with Crippen molar-refractivity contribution in [3.8, 4) is 0 Å². The number of hydrogen-bond donors (Lipinski definition) is 1. The van der Waals surface area contributed by atoms with Crippen LogP contribution in [0.15, 0.2) is 0 Å². The summed E-state index contributed by atoms with van der Waals surface area (Å²) in [5.74, 6) is 0.486. The molecule has 100 valence electrons. The molecule has 1 N–H and O–H groups in total. The molecule has 2 aliphatic heterocycles. The van der Waals surface area contributed by atoms with Crippen LogP contribution in [0.25, 0.3) is 0 Å². The highest BCUT2D eigenvalue weighted by atomic mass is 32.2. The first-order valence-electron chi connectivity index (χ1n) is 6.75. The van der Waals surface area contributed by atoms with E-state index in [9.17, 15) is 8.42 Å². The van der Waals surface area contributed by atoms with Gasteiger partial charge in [0.1, 0.15) is 0 Å². The number of rotatable bonds is 2. The summed E-state index contributed by atoms with van der Waals surface area (Å²) in [6.45, 7) is 6.61. The van der Waals surface area contributed by atoms with Gasteiger partial charge in [0, 0.05) is 12.6 Å². The first-order chi connectivity index (χ1) is 8.03. The fourth-order valence-corrected chi connectivity index (χ4v) is 5.21. The molecule has 2 rings (SSSR count). The maximum atomic E-state index is 12.6. The lowest BCUT2D eigenvalue weighted by molar-refractivity contribution is 0.199. The van der Waals surface area contributed by atoms with E-state index >= 15 is 0 Å². The molecule has 0 amide bonds. The van der Waals surface area contributed by atoms with E-state index in [0.717, 1.165) is 45.3 Å². The summed E-state index contributed by atoms with van der Waals surface area (Å²) < 4.78 is 27.0. The van der Waals surface area contributed by atoms with Gasteiger partial charge >= 0.3 is 0 Å². The van der Waals surface area contributed by atoms with Crippen molar-refractivity contribution in [1.29, 1.82) is 0 Å². The molecule has 2 saturated heterocycles. The van der Waals surface area contributed by atoms with E-state index in [-0.39, 0.29) is 11.3 Å². The van der Waals surface area contributed by atoms with Crippen molar-refractivity contribution < 1.29 is 8.42 Å². The van der Waals surface area contributed by atoms with Crippen LogP contribution in [0.4, 0.5) is 0 Å². The van der Waals surface area contributed by atoms with E-state index in [0.29, 0.717) is 5.92 Å². The SMILES string of the molecule is CC1CCCN(S(=O)(=O)C2CCNCC2)C1C. The molecule has 5 heteroatoms. The second-order valence-corrected chi connectivity index (χ2v) is 7.63.